The summed E-state index contributed by atoms with van der Waals surface area (Å²) in [4.78, 5) is 23.3. The van der Waals surface area contributed by atoms with Crippen LogP contribution in [0, 0.1) is 6.92 Å². The quantitative estimate of drug-likeness (QED) is 0.247. The van der Waals surface area contributed by atoms with Gasteiger partial charge in [0.05, 0.1) is 21.6 Å². The molecule has 35 heavy (non-hydrogen) atoms. The zero-order valence-corrected chi connectivity index (χ0v) is 21.5. The molecule has 0 fully saturated rings. The molecule has 0 spiro atoms. The Morgan fingerprint density at radius 3 is 2.51 bits per heavy atom. The molecule has 1 unspecified atom stereocenters. The second kappa shape index (κ2) is 10.9. The number of carboxylic acid groups (broad SMARTS) is 1. The predicted octanol–water partition coefficient (Wildman–Crippen LogP) is 7.13. The Labute approximate surface area is 210 Å². The number of carboxylic acids is 1. The first-order chi connectivity index (χ1) is 16.8. The number of thiazole rings is 1. The number of aryl methyl sites for hydroxylation is 1. The highest BCUT2D eigenvalue weighted by Gasteiger charge is 2.20. The van der Waals surface area contributed by atoms with Crippen molar-refractivity contribution >= 4 is 44.7 Å². The molecule has 182 valence electrons. The van der Waals surface area contributed by atoms with E-state index in [2.05, 4.69) is 53.3 Å². The van der Waals surface area contributed by atoms with Gasteiger partial charge in [0.1, 0.15) is 5.82 Å². The molecule has 0 radical (unpaired) electrons. The first-order valence-electron chi connectivity index (χ1n) is 12.0. The zero-order chi connectivity index (χ0) is 24.9. The van der Waals surface area contributed by atoms with E-state index in [-0.39, 0.29) is 18.4 Å². The Kier molecular flexibility index (Phi) is 7.66. The second-order valence-electron chi connectivity index (χ2n) is 9.09. The molecule has 2 aromatic heterocycles. The van der Waals surface area contributed by atoms with E-state index in [0.29, 0.717) is 6.42 Å². The third kappa shape index (κ3) is 6.17. The molecular weight excluding hydrogens is 456 g/mol. The average molecular weight is 489 g/mol. The van der Waals surface area contributed by atoms with Crippen LogP contribution < -0.4 is 10.2 Å². The predicted molar refractivity (Wildman–Crippen MR) is 145 cm³/mol. The van der Waals surface area contributed by atoms with Gasteiger partial charge in [-0.05, 0) is 57.0 Å². The van der Waals surface area contributed by atoms with Crippen LogP contribution in [0.1, 0.15) is 55.8 Å². The van der Waals surface area contributed by atoms with Crippen LogP contribution in [0.3, 0.4) is 0 Å². The van der Waals surface area contributed by atoms with Crippen molar-refractivity contribution in [3.05, 3.63) is 76.9 Å². The molecule has 2 heterocycles. The Bertz CT molecular complexity index is 1300. The molecule has 0 amide bonds. The number of hydrogen-bond acceptors (Lipinski definition) is 6. The molecule has 0 saturated carbocycles. The SMILES string of the molecule is CCC(CC(=O)O)c1cc(Nc2ccc3nc(C)sc3c2)cc(N(Cc2ccccc2)C(C)C)n1. The Balaban J connectivity index is 1.74. The van der Waals surface area contributed by atoms with Gasteiger partial charge in [-0.25, -0.2) is 9.97 Å². The topological polar surface area (TPSA) is 78.3 Å². The van der Waals surface area contributed by atoms with Gasteiger partial charge in [-0.15, -0.1) is 11.3 Å². The molecule has 4 rings (SSSR count). The van der Waals surface area contributed by atoms with Crippen molar-refractivity contribution in [2.75, 3.05) is 10.2 Å². The highest BCUT2D eigenvalue weighted by Crippen LogP contribution is 2.32. The van der Waals surface area contributed by atoms with E-state index >= 15 is 0 Å². The van der Waals surface area contributed by atoms with Crippen LogP contribution >= 0.6 is 11.3 Å². The van der Waals surface area contributed by atoms with Gasteiger partial charge < -0.3 is 15.3 Å². The fraction of sp³-hybridized carbons (Fsp3) is 0.321. The lowest BCUT2D eigenvalue weighted by Crippen LogP contribution is -2.31. The van der Waals surface area contributed by atoms with Gasteiger partial charge in [-0.1, -0.05) is 37.3 Å². The molecular formula is C28H32N4O2S. The molecule has 4 aromatic rings. The summed E-state index contributed by atoms with van der Waals surface area (Å²) in [6.45, 7) is 9.05. The van der Waals surface area contributed by atoms with Crippen LogP contribution in [0.4, 0.5) is 17.2 Å². The molecule has 7 heteroatoms. The summed E-state index contributed by atoms with van der Waals surface area (Å²) >= 11 is 1.67. The summed E-state index contributed by atoms with van der Waals surface area (Å²) < 4.78 is 1.13. The number of carbonyl (C=O) groups is 1. The standard InChI is InChI=1S/C28H32N4O2S/c1-5-21(13-28(33)34)25-14-23(30-22-11-12-24-26(15-22)35-19(4)29-24)16-27(31-25)32(18(2)3)17-20-9-7-6-8-10-20/h6-12,14-16,18,21H,5,13,17H2,1-4H3,(H,30,31)(H,33,34). The van der Waals surface area contributed by atoms with Gasteiger partial charge in [0.25, 0.3) is 0 Å². The van der Waals surface area contributed by atoms with Crippen molar-refractivity contribution in [2.24, 2.45) is 0 Å². The van der Waals surface area contributed by atoms with Crippen molar-refractivity contribution < 1.29 is 9.90 Å². The largest absolute Gasteiger partial charge is 0.481 e. The van der Waals surface area contributed by atoms with Crippen molar-refractivity contribution in [1.82, 2.24) is 9.97 Å². The summed E-state index contributed by atoms with van der Waals surface area (Å²) in [6, 6.07) is 20.8. The van der Waals surface area contributed by atoms with E-state index in [9.17, 15) is 9.90 Å². The maximum atomic E-state index is 11.6. The first kappa shape index (κ1) is 24.7. The first-order valence-corrected chi connectivity index (χ1v) is 12.8. The maximum absolute atomic E-state index is 11.6. The smallest absolute Gasteiger partial charge is 0.304 e. The number of aliphatic carboxylic acids is 1. The highest BCUT2D eigenvalue weighted by atomic mass is 32.1. The van der Waals surface area contributed by atoms with Crippen molar-refractivity contribution in [3.63, 3.8) is 0 Å². The van der Waals surface area contributed by atoms with Crippen LogP contribution in [0.15, 0.2) is 60.7 Å². The van der Waals surface area contributed by atoms with Crippen molar-refractivity contribution in [2.45, 2.75) is 59.0 Å². The van der Waals surface area contributed by atoms with E-state index in [4.69, 9.17) is 4.98 Å². The van der Waals surface area contributed by atoms with E-state index in [0.717, 1.165) is 44.7 Å². The molecule has 0 saturated heterocycles. The molecule has 0 aliphatic rings. The number of anilines is 3. The lowest BCUT2D eigenvalue weighted by atomic mass is 9.97. The fourth-order valence-corrected chi connectivity index (χ4v) is 5.09. The van der Waals surface area contributed by atoms with E-state index in [1.165, 1.54) is 5.56 Å². The lowest BCUT2D eigenvalue weighted by Gasteiger charge is -2.29. The molecule has 1 atom stereocenters. The Morgan fingerprint density at radius 1 is 1.06 bits per heavy atom. The average Bonchev–Trinajstić information content (AvgIpc) is 3.20. The normalized spacial score (nSPS) is 12.1. The Morgan fingerprint density at radius 2 is 1.83 bits per heavy atom. The summed E-state index contributed by atoms with van der Waals surface area (Å²) in [6.07, 6.45) is 0.757. The number of rotatable bonds is 10. The van der Waals surface area contributed by atoms with Crippen LogP contribution in [0.5, 0.6) is 0 Å². The maximum Gasteiger partial charge on any atom is 0.304 e. The van der Waals surface area contributed by atoms with Gasteiger partial charge in [0.15, 0.2) is 0 Å². The van der Waals surface area contributed by atoms with E-state index in [1.807, 2.05) is 50.2 Å². The highest BCUT2D eigenvalue weighted by molar-refractivity contribution is 7.18. The number of nitrogens with one attached hydrogen (secondary N) is 1. The van der Waals surface area contributed by atoms with Crippen molar-refractivity contribution in [3.8, 4) is 0 Å². The number of benzene rings is 2. The third-order valence-electron chi connectivity index (χ3n) is 6.06. The zero-order valence-electron chi connectivity index (χ0n) is 20.7. The van der Waals surface area contributed by atoms with Gasteiger partial charge >= 0.3 is 5.97 Å². The van der Waals surface area contributed by atoms with Crippen LogP contribution in [0.25, 0.3) is 10.2 Å². The van der Waals surface area contributed by atoms with Gasteiger partial charge in [-0.2, -0.15) is 0 Å². The van der Waals surface area contributed by atoms with Crippen molar-refractivity contribution in [1.29, 1.82) is 0 Å². The third-order valence-corrected chi connectivity index (χ3v) is 6.99. The number of fused-ring (bicyclic) bond motifs is 1. The lowest BCUT2D eigenvalue weighted by molar-refractivity contribution is -0.137. The molecule has 6 nitrogen and oxygen atoms in total. The minimum Gasteiger partial charge on any atom is -0.481 e. The number of pyridine rings is 1. The minimum absolute atomic E-state index is 0.0544. The number of aromatic nitrogens is 2. The Hall–Kier alpha value is -3.45. The van der Waals surface area contributed by atoms with Gasteiger partial charge in [0, 0.05) is 41.6 Å². The molecule has 0 aliphatic carbocycles. The van der Waals surface area contributed by atoms with Crippen LogP contribution in [0.2, 0.25) is 0 Å². The summed E-state index contributed by atoms with van der Waals surface area (Å²) in [5.74, 6) is -0.137. The summed E-state index contributed by atoms with van der Waals surface area (Å²) in [5, 5.41) is 14.1. The van der Waals surface area contributed by atoms with Gasteiger partial charge in [0.2, 0.25) is 0 Å². The summed E-state index contributed by atoms with van der Waals surface area (Å²) in [7, 11) is 0. The number of hydrogen-bond donors (Lipinski definition) is 2. The van der Waals surface area contributed by atoms with Gasteiger partial charge in [-0.3, -0.25) is 4.79 Å². The monoisotopic (exact) mass is 488 g/mol. The summed E-state index contributed by atoms with van der Waals surface area (Å²) in [5.41, 5.74) is 4.85. The fourth-order valence-electron chi connectivity index (χ4n) is 4.23. The van der Waals surface area contributed by atoms with Crippen LogP contribution in [-0.2, 0) is 11.3 Å². The number of nitrogens with zero attached hydrogens (tertiary/aromatic N) is 3. The molecule has 0 aliphatic heterocycles. The molecule has 2 N–H and O–H groups in total. The molecule has 0 bridgehead atoms. The van der Waals surface area contributed by atoms with E-state index in [1.54, 1.807) is 11.3 Å². The molecule has 2 aromatic carbocycles. The minimum atomic E-state index is -0.811. The van der Waals surface area contributed by atoms with Crippen LogP contribution in [-0.4, -0.2) is 27.1 Å². The van der Waals surface area contributed by atoms with E-state index < -0.39 is 5.97 Å². The second-order valence-corrected chi connectivity index (χ2v) is 10.3.